The molecule has 0 aliphatic carbocycles. The van der Waals surface area contributed by atoms with E-state index in [2.05, 4.69) is 15.3 Å². The molecule has 0 saturated carbocycles. The van der Waals surface area contributed by atoms with E-state index in [9.17, 15) is 18.8 Å². The summed E-state index contributed by atoms with van der Waals surface area (Å²) in [6.45, 7) is 1.74. The molecule has 2 aromatic carbocycles. The highest BCUT2D eigenvalue weighted by Gasteiger charge is 2.25. The fourth-order valence-corrected chi connectivity index (χ4v) is 3.25. The lowest BCUT2D eigenvalue weighted by atomic mass is 10.0. The van der Waals surface area contributed by atoms with Crippen LogP contribution in [0.2, 0.25) is 0 Å². The predicted molar refractivity (Wildman–Crippen MR) is 120 cm³/mol. The molecule has 1 heterocycles. The largest absolute Gasteiger partial charge is 0.497 e. The Morgan fingerprint density at radius 1 is 1.33 bits per heavy atom. The van der Waals surface area contributed by atoms with Crippen LogP contribution in [-0.4, -0.2) is 22.8 Å². The van der Waals surface area contributed by atoms with Gasteiger partial charge in [0.25, 0.3) is 5.56 Å². The van der Waals surface area contributed by atoms with E-state index in [1.54, 1.807) is 32.2 Å². The quantitative estimate of drug-likeness (QED) is 0.305. The van der Waals surface area contributed by atoms with Gasteiger partial charge in [-0.3, -0.25) is 15.9 Å². The van der Waals surface area contributed by atoms with E-state index >= 15 is 0 Å². The number of hydrogen-bond acceptors (Lipinski definition) is 7. The van der Waals surface area contributed by atoms with Gasteiger partial charge in [-0.25, -0.2) is 4.98 Å². The lowest BCUT2D eigenvalue weighted by Crippen LogP contribution is -2.25. The summed E-state index contributed by atoms with van der Waals surface area (Å²) in [6, 6.07) is 10.4. The van der Waals surface area contributed by atoms with Gasteiger partial charge in [0.1, 0.15) is 34.7 Å². The van der Waals surface area contributed by atoms with Crippen molar-refractivity contribution in [3.8, 4) is 11.8 Å². The number of ether oxygens (including phenoxy) is 1. The third-order valence-electron chi connectivity index (χ3n) is 4.98. The normalized spacial score (nSPS) is 12.0. The SMILES string of the molecule is COc1cccc(Cc2nc(NC(C)c3ccc(C(N)(F)F)cc3)c(C(=N)C#N)c(=O)[nH]2)c1. The monoisotopic (exact) mass is 452 g/mol. The van der Waals surface area contributed by atoms with Crippen molar-refractivity contribution in [3.63, 3.8) is 0 Å². The van der Waals surface area contributed by atoms with Gasteiger partial charge in [0, 0.05) is 18.0 Å². The van der Waals surface area contributed by atoms with Gasteiger partial charge >= 0.3 is 6.05 Å². The van der Waals surface area contributed by atoms with Crippen molar-refractivity contribution in [2.75, 3.05) is 12.4 Å². The highest BCUT2D eigenvalue weighted by molar-refractivity contribution is 6.12. The number of hydrogen-bond donors (Lipinski definition) is 4. The van der Waals surface area contributed by atoms with Gasteiger partial charge in [0.2, 0.25) is 0 Å². The van der Waals surface area contributed by atoms with E-state index in [1.807, 2.05) is 12.1 Å². The van der Waals surface area contributed by atoms with Crippen molar-refractivity contribution in [2.45, 2.75) is 25.4 Å². The van der Waals surface area contributed by atoms with Crippen LogP contribution in [0.3, 0.4) is 0 Å². The summed E-state index contributed by atoms with van der Waals surface area (Å²) in [7, 11) is 1.55. The number of methoxy groups -OCH3 is 1. The molecule has 3 aromatic rings. The first-order valence-electron chi connectivity index (χ1n) is 9.91. The molecule has 8 nitrogen and oxygen atoms in total. The molecule has 5 N–H and O–H groups in total. The van der Waals surface area contributed by atoms with E-state index in [4.69, 9.17) is 15.9 Å². The highest BCUT2D eigenvalue weighted by atomic mass is 19.3. The maximum Gasteiger partial charge on any atom is 0.326 e. The zero-order chi connectivity index (χ0) is 24.2. The van der Waals surface area contributed by atoms with Crippen molar-refractivity contribution in [1.82, 2.24) is 9.97 Å². The molecule has 0 radical (unpaired) electrons. The average molecular weight is 452 g/mol. The Bertz CT molecular complexity index is 1260. The second-order valence-corrected chi connectivity index (χ2v) is 7.36. The first-order chi connectivity index (χ1) is 15.6. The van der Waals surface area contributed by atoms with Crippen LogP contribution in [0.15, 0.2) is 53.3 Å². The standard InChI is InChI=1S/C23H22F2N6O2/c1-13(15-6-8-16(9-7-15)23(24,25)28)29-21-20(18(27)12-26)22(32)31-19(30-21)11-14-4-3-5-17(10-14)33-2/h3-10,13,27H,11,28H2,1-2H3,(H2,29,30,31,32). The molecule has 0 spiro atoms. The number of nitrogens with two attached hydrogens (primary N) is 1. The summed E-state index contributed by atoms with van der Waals surface area (Å²) in [5.74, 6) is 1.01. The number of benzene rings is 2. The van der Waals surface area contributed by atoms with Crippen LogP contribution in [0, 0.1) is 16.7 Å². The zero-order valence-corrected chi connectivity index (χ0v) is 17.9. The Hall–Kier alpha value is -4.10. The Kier molecular flexibility index (Phi) is 6.84. The molecule has 1 aromatic heterocycles. The smallest absolute Gasteiger partial charge is 0.326 e. The third kappa shape index (κ3) is 5.58. The first-order valence-corrected chi connectivity index (χ1v) is 9.91. The van der Waals surface area contributed by atoms with Crippen molar-refractivity contribution >= 4 is 11.5 Å². The molecule has 3 rings (SSSR count). The van der Waals surface area contributed by atoms with Crippen LogP contribution in [-0.2, 0) is 12.5 Å². The second kappa shape index (κ2) is 9.58. The molecule has 0 aliphatic rings. The minimum atomic E-state index is -3.45. The minimum absolute atomic E-state index is 0.0453. The molecule has 0 aliphatic heterocycles. The van der Waals surface area contributed by atoms with Gasteiger partial charge in [0.15, 0.2) is 0 Å². The van der Waals surface area contributed by atoms with Crippen molar-refractivity contribution in [1.29, 1.82) is 10.7 Å². The third-order valence-corrected chi connectivity index (χ3v) is 4.98. The van der Waals surface area contributed by atoms with Crippen LogP contribution in [0.5, 0.6) is 5.75 Å². The molecule has 0 amide bonds. The number of anilines is 1. The van der Waals surface area contributed by atoms with Crippen molar-refractivity contribution in [2.24, 2.45) is 5.73 Å². The number of nitrogens with zero attached hydrogens (tertiary/aromatic N) is 2. The predicted octanol–water partition coefficient (Wildman–Crippen LogP) is 3.44. The van der Waals surface area contributed by atoms with E-state index in [1.165, 1.54) is 24.3 Å². The molecule has 170 valence electrons. The molecule has 1 unspecified atom stereocenters. The number of aromatic nitrogens is 2. The number of nitriles is 1. The number of nitrogens with one attached hydrogen (secondary N) is 3. The Balaban J connectivity index is 1.95. The lowest BCUT2D eigenvalue weighted by molar-refractivity contribution is 0.00296. The summed E-state index contributed by atoms with van der Waals surface area (Å²) < 4.78 is 31.8. The Labute approximate surface area is 188 Å². The van der Waals surface area contributed by atoms with Crippen LogP contribution in [0.1, 0.15) is 41.0 Å². The topological polar surface area (TPSA) is 141 Å². The van der Waals surface area contributed by atoms with Gasteiger partial charge in [-0.15, -0.1) is 0 Å². The number of alkyl halides is 2. The molecule has 0 fully saturated rings. The maximum absolute atomic E-state index is 13.3. The maximum atomic E-state index is 13.3. The van der Waals surface area contributed by atoms with Crippen LogP contribution in [0.4, 0.5) is 14.6 Å². The van der Waals surface area contributed by atoms with Gasteiger partial charge in [-0.2, -0.15) is 14.0 Å². The summed E-state index contributed by atoms with van der Waals surface area (Å²) in [6.07, 6.45) is 0.274. The molecule has 1 atom stereocenters. The average Bonchev–Trinajstić information content (AvgIpc) is 2.78. The van der Waals surface area contributed by atoms with Crippen LogP contribution in [0.25, 0.3) is 0 Å². The number of rotatable bonds is 8. The zero-order valence-electron chi connectivity index (χ0n) is 17.9. The van der Waals surface area contributed by atoms with Crippen LogP contribution < -0.4 is 21.3 Å². The van der Waals surface area contributed by atoms with E-state index in [0.717, 1.165) is 5.56 Å². The van der Waals surface area contributed by atoms with E-state index in [0.29, 0.717) is 17.1 Å². The van der Waals surface area contributed by atoms with Crippen LogP contribution >= 0.6 is 0 Å². The summed E-state index contributed by atoms with van der Waals surface area (Å²) in [5.41, 5.74) is 4.56. The van der Waals surface area contributed by atoms with Crippen molar-refractivity contribution in [3.05, 3.63) is 87.0 Å². The number of halogens is 2. The van der Waals surface area contributed by atoms with Crippen molar-refractivity contribution < 1.29 is 13.5 Å². The summed E-state index contributed by atoms with van der Waals surface area (Å²) in [5, 5.41) is 20.1. The number of H-pyrrole nitrogens is 1. The molecular weight excluding hydrogens is 430 g/mol. The first kappa shape index (κ1) is 23.6. The minimum Gasteiger partial charge on any atom is -0.497 e. The Morgan fingerprint density at radius 2 is 2.03 bits per heavy atom. The van der Waals surface area contributed by atoms with E-state index < -0.39 is 23.4 Å². The van der Waals surface area contributed by atoms with Gasteiger partial charge < -0.3 is 15.0 Å². The molecule has 10 heteroatoms. The molecule has 0 bridgehead atoms. The summed E-state index contributed by atoms with van der Waals surface area (Å²) in [4.78, 5) is 19.8. The highest BCUT2D eigenvalue weighted by Crippen LogP contribution is 2.25. The lowest BCUT2D eigenvalue weighted by Gasteiger charge is -2.18. The van der Waals surface area contributed by atoms with E-state index in [-0.39, 0.29) is 23.4 Å². The van der Waals surface area contributed by atoms with Gasteiger partial charge in [-0.05, 0) is 30.2 Å². The molecule has 33 heavy (non-hydrogen) atoms. The second-order valence-electron chi connectivity index (χ2n) is 7.36. The molecule has 0 saturated heterocycles. The fraction of sp³-hybridized carbons (Fsp3) is 0.217. The molecular formula is C23H22F2N6O2. The summed E-state index contributed by atoms with van der Waals surface area (Å²) >= 11 is 0. The fourth-order valence-electron chi connectivity index (χ4n) is 3.25. The Morgan fingerprint density at radius 3 is 2.64 bits per heavy atom. The van der Waals surface area contributed by atoms with Gasteiger partial charge in [0.05, 0.1) is 7.11 Å². The number of aromatic amines is 1. The van der Waals surface area contributed by atoms with Gasteiger partial charge in [-0.1, -0.05) is 36.4 Å².